The average molecular weight is 477 g/mol. The van der Waals surface area contributed by atoms with Gasteiger partial charge in [0.05, 0.1) is 5.56 Å². The molecule has 2 atom stereocenters. The fourth-order valence-electron chi connectivity index (χ4n) is 1.93. The maximum absolute atomic E-state index is 12.9. The highest BCUT2D eigenvalue weighted by Gasteiger charge is 2.37. The minimum Gasteiger partial charge on any atom is -0.319 e. The van der Waals surface area contributed by atoms with Gasteiger partial charge in [-0.05, 0) is 50.2 Å². The summed E-state index contributed by atoms with van der Waals surface area (Å²) in [6.07, 6.45) is -6.06. The summed E-state index contributed by atoms with van der Waals surface area (Å²) in [7, 11) is 0. The number of hydrogen-bond donors (Lipinski definition) is 1. The zero-order valence-electron chi connectivity index (χ0n) is 10.3. The van der Waals surface area contributed by atoms with Gasteiger partial charge in [0.1, 0.15) is 0 Å². The number of benzene rings is 1. The van der Waals surface area contributed by atoms with Gasteiger partial charge in [0.25, 0.3) is 18.2 Å². The molecule has 2 unspecified atom stereocenters. The van der Waals surface area contributed by atoms with Crippen LogP contribution in [0.4, 0.5) is 13.2 Å². The first kappa shape index (κ1) is 16.5. The number of nitrogens with one attached hydrogen (secondary N) is 1. The molecule has 1 aromatic rings. The van der Waals surface area contributed by atoms with Crippen molar-refractivity contribution in [2.45, 2.75) is 23.3 Å². The fourth-order valence-corrected chi connectivity index (χ4v) is 3.14. The Hall–Kier alpha value is -0.840. The predicted molar refractivity (Wildman–Crippen MR) is 80.9 cm³/mol. The number of halogens is 5. The molecule has 0 aromatic heterocycles. The molecule has 2 amide bonds. The lowest BCUT2D eigenvalue weighted by atomic mass is 10.1. The van der Waals surface area contributed by atoms with Crippen LogP contribution in [-0.2, 0) is 11.3 Å². The topological polar surface area (TPSA) is 49.4 Å². The Bertz CT molecular complexity index is 588. The number of alkyl halides is 4. The number of carbonyl (C=O) groups is 2. The average Bonchev–Trinajstić information content (AvgIpc) is 2.76. The number of amides is 2. The highest BCUT2D eigenvalue weighted by molar-refractivity contribution is 14.1. The van der Waals surface area contributed by atoms with Gasteiger partial charge < -0.3 is 10.2 Å². The molecule has 9 heteroatoms. The fraction of sp³-hybridized carbons (Fsp3) is 0.333. The molecule has 0 spiro atoms. The van der Waals surface area contributed by atoms with E-state index in [9.17, 15) is 22.8 Å². The molecule has 1 N–H and O–H groups in total. The van der Waals surface area contributed by atoms with Crippen molar-refractivity contribution in [3.63, 3.8) is 0 Å². The van der Waals surface area contributed by atoms with Gasteiger partial charge in [-0.1, -0.05) is 12.1 Å². The second kappa shape index (κ2) is 6.51. The van der Waals surface area contributed by atoms with Crippen LogP contribution in [-0.4, -0.2) is 33.5 Å². The Morgan fingerprint density at radius 1 is 1.38 bits per heavy atom. The second-order valence-corrected chi connectivity index (χ2v) is 6.32. The van der Waals surface area contributed by atoms with Crippen molar-refractivity contribution in [1.82, 2.24) is 10.2 Å². The van der Waals surface area contributed by atoms with Gasteiger partial charge >= 0.3 is 0 Å². The van der Waals surface area contributed by atoms with Gasteiger partial charge in [-0.15, -0.1) is 0 Å². The molecule has 4 nitrogen and oxygen atoms in total. The molecule has 1 aromatic carbocycles. The van der Waals surface area contributed by atoms with E-state index in [4.69, 9.17) is 0 Å². The molecule has 0 radical (unpaired) electrons. The Kier molecular flexibility index (Phi) is 5.12. The van der Waals surface area contributed by atoms with Gasteiger partial charge in [-0.3, -0.25) is 9.59 Å². The molecule has 114 valence electrons. The van der Waals surface area contributed by atoms with Gasteiger partial charge in [0.15, 0.2) is 4.05 Å². The lowest BCUT2D eigenvalue weighted by Crippen LogP contribution is -2.47. The molecule has 0 saturated carbocycles. The quantitative estimate of drug-likeness (QED) is 0.413. The predicted octanol–water partition coefficient (Wildman–Crippen LogP) is 2.84. The van der Waals surface area contributed by atoms with Crippen LogP contribution in [0.2, 0.25) is 0 Å². The van der Waals surface area contributed by atoms with Gasteiger partial charge in [0.2, 0.25) is 6.30 Å². The number of nitrogens with zero attached hydrogens (tertiary/aromatic N) is 1. The van der Waals surface area contributed by atoms with Crippen molar-refractivity contribution < 1.29 is 22.8 Å². The molecule has 0 fully saturated rings. The van der Waals surface area contributed by atoms with E-state index in [1.165, 1.54) is 4.90 Å². The van der Waals surface area contributed by atoms with Crippen LogP contribution in [0, 0.1) is 0 Å². The van der Waals surface area contributed by atoms with E-state index in [2.05, 4.69) is 15.9 Å². The summed E-state index contributed by atoms with van der Waals surface area (Å²) in [6, 6.07) is 5.17. The Labute approximate surface area is 140 Å². The Morgan fingerprint density at radius 3 is 2.62 bits per heavy atom. The van der Waals surface area contributed by atoms with Crippen LogP contribution in [0.25, 0.3) is 0 Å². The van der Waals surface area contributed by atoms with Crippen LogP contribution in [0.1, 0.15) is 15.9 Å². The molecular weight excluding hydrogens is 468 g/mol. The number of rotatable bonds is 4. The van der Waals surface area contributed by atoms with Crippen LogP contribution in [0.15, 0.2) is 22.7 Å². The molecule has 1 heterocycles. The lowest BCUT2D eigenvalue weighted by molar-refractivity contribution is -0.126. The number of hydrogen-bond acceptors (Lipinski definition) is 2. The van der Waals surface area contributed by atoms with E-state index in [0.717, 1.165) is 5.56 Å². The highest BCUT2D eigenvalue weighted by Crippen LogP contribution is 2.31. The lowest BCUT2D eigenvalue weighted by Gasteiger charge is -2.22. The third-order valence-electron chi connectivity index (χ3n) is 2.91. The molecular formula is C12H9BrF3IN2O2. The molecule has 0 aliphatic carbocycles. The largest absolute Gasteiger partial charge is 0.319 e. The first-order valence-electron chi connectivity index (χ1n) is 5.78. The zero-order chi connectivity index (χ0) is 15.7. The molecule has 2 rings (SSSR count). The van der Waals surface area contributed by atoms with E-state index in [1.807, 2.05) is 0 Å². The second-order valence-electron chi connectivity index (χ2n) is 4.29. The molecule has 0 bridgehead atoms. The summed E-state index contributed by atoms with van der Waals surface area (Å²) >= 11 is 4.87. The van der Waals surface area contributed by atoms with Crippen molar-refractivity contribution in [2.24, 2.45) is 0 Å². The third kappa shape index (κ3) is 3.33. The zero-order valence-corrected chi connectivity index (χ0v) is 14.1. The van der Waals surface area contributed by atoms with Crippen molar-refractivity contribution in [2.75, 3.05) is 0 Å². The maximum Gasteiger partial charge on any atom is 0.287 e. The summed E-state index contributed by atoms with van der Waals surface area (Å²) in [5.41, 5.74) is 1.15. The summed E-state index contributed by atoms with van der Waals surface area (Å²) in [5, 5.41) is 1.55. The minimum atomic E-state index is -3.31. The Morgan fingerprint density at radius 2 is 2.05 bits per heavy atom. The van der Waals surface area contributed by atoms with Crippen molar-refractivity contribution in [1.29, 1.82) is 0 Å². The standard InChI is InChI=1S/C12H9BrF3IN2O2/c13-6-3-1-2-5-4-19(12(21)7(5)6)10(17)11(20)18-9(16)8(14)15/h1-3,8-10H,4H2,(H,18,20). The highest BCUT2D eigenvalue weighted by atomic mass is 127. The van der Waals surface area contributed by atoms with E-state index in [1.54, 1.807) is 46.1 Å². The number of fused-ring (bicyclic) bond motifs is 1. The Balaban J connectivity index is 2.12. The van der Waals surface area contributed by atoms with Gasteiger partial charge in [-0.25, -0.2) is 13.2 Å². The van der Waals surface area contributed by atoms with E-state index < -0.39 is 28.6 Å². The SMILES string of the molecule is O=C(NC(F)C(F)F)C(I)N1Cc2cccc(Br)c2C1=O. The van der Waals surface area contributed by atoms with Crippen LogP contribution >= 0.6 is 38.5 Å². The van der Waals surface area contributed by atoms with Crippen molar-refractivity contribution in [3.8, 4) is 0 Å². The van der Waals surface area contributed by atoms with Crippen LogP contribution in [0.5, 0.6) is 0 Å². The summed E-state index contributed by atoms with van der Waals surface area (Å²) in [4.78, 5) is 25.2. The summed E-state index contributed by atoms with van der Waals surface area (Å²) in [6.45, 7) is 0.167. The van der Waals surface area contributed by atoms with Gasteiger partial charge in [0, 0.05) is 11.0 Å². The first-order chi connectivity index (χ1) is 9.82. The molecule has 0 saturated heterocycles. The molecule has 1 aliphatic rings. The minimum absolute atomic E-state index is 0.167. The van der Waals surface area contributed by atoms with Crippen LogP contribution in [0.3, 0.4) is 0 Å². The molecule has 21 heavy (non-hydrogen) atoms. The van der Waals surface area contributed by atoms with E-state index in [-0.39, 0.29) is 6.54 Å². The summed E-state index contributed by atoms with van der Waals surface area (Å²) in [5.74, 6) is -1.37. The van der Waals surface area contributed by atoms with Gasteiger partial charge in [-0.2, -0.15) is 0 Å². The third-order valence-corrected chi connectivity index (χ3v) is 4.81. The first-order valence-corrected chi connectivity index (χ1v) is 7.82. The van der Waals surface area contributed by atoms with Crippen LogP contribution < -0.4 is 5.32 Å². The maximum atomic E-state index is 12.9. The van der Waals surface area contributed by atoms with E-state index >= 15 is 0 Å². The normalized spacial score (nSPS) is 16.9. The summed E-state index contributed by atoms with van der Waals surface area (Å²) < 4.78 is 36.6. The van der Waals surface area contributed by atoms with Crippen molar-refractivity contribution >= 4 is 50.3 Å². The smallest absolute Gasteiger partial charge is 0.287 e. The molecule has 1 aliphatic heterocycles. The number of carbonyl (C=O) groups excluding carboxylic acids is 2. The monoisotopic (exact) mass is 476 g/mol. The van der Waals surface area contributed by atoms with Crippen molar-refractivity contribution in [3.05, 3.63) is 33.8 Å². The van der Waals surface area contributed by atoms with E-state index in [0.29, 0.717) is 10.0 Å².